The van der Waals surface area contributed by atoms with Crippen molar-refractivity contribution in [2.45, 2.75) is 45.4 Å². The number of hydrogen-bond acceptors (Lipinski definition) is 5. The molecule has 0 bridgehead atoms. The first-order valence-corrected chi connectivity index (χ1v) is 8.77. The number of ether oxygens (including phenoxy) is 1. The predicted molar refractivity (Wildman–Crippen MR) is 89.9 cm³/mol. The van der Waals surface area contributed by atoms with Crippen molar-refractivity contribution in [3.8, 4) is 5.88 Å². The minimum atomic E-state index is 0.662. The van der Waals surface area contributed by atoms with Gasteiger partial charge in [0.05, 0.1) is 12.6 Å². The van der Waals surface area contributed by atoms with Gasteiger partial charge in [-0.1, -0.05) is 13.3 Å². The van der Waals surface area contributed by atoms with Crippen LogP contribution in [0.5, 0.6) is 5.88 Å². The number of methoxy groups -OCH3 is 1. The van der Waals surface area contributed by atoms with Crippen molar-refractivity contribution in [1.29, 1.82) is 0 Å². The van der Waals surface area contributed by atoms with Gasteiger partial charge in [0.2, 0.25) is 5.88 Å². The van der Waals surface area contributed by atoms with Crippen LogP contribution in [0.2, 0.25) is 0 Å². The van der Waals surface area contributed by atoms with E-state index in [9.17, 15) is 0 Å². The average Bonchev–Trinajstić information content (AvgIpc) is 2.93. The minimum Gasteiger partial charge on any atom is -0.480 e. The van der Waals surface area contributed by atoms with Gasteiger partial charge in [-0.05, 0) is 43.2 Å². The first-order valence-electron chi connectivity index (χ1n) is 7.95. The molecule has 4 nitrogen and oxygen atoms in total. The van der Waals surface area contributed by atoms with Crippen molar-refractivity contribution in [2.75, 3.05) is 7.11 Å². The Bertz CT molecular complexity index is 856. The van der Waals surface area contributed by atoms with Crippen molar-refractivity contribution in [2.24, 2.45) is 0 Å². The first-order chi connectivity index (χ1) is 10.8. The zero-order chi connectivity index (χ0) is 15.1. The van der Waals surface area contributed by atoms with Crippen LogP contribution < -0.4 is 4.74 Å². The van der Waals surface area contributed by atoms with Crippen LogP contribution in [-0.2, 0) is 19.3 Å². The smallest absolute Gasteiger partial charge is 0.234 e. The van der Waals surface area contributed by atoms with E-state index in [0.717, 1.165) is 40.7 Å². The quantitative estimate of drug-likeness (QED) is 0.731. The molecule has 3 aromatic heterocycles. The monoisotopic (exact) mass is 313 g/mol. The molecule has 0 saturated heterocycles. The van der Waals surface area contributed by atoms with Crippen LogP contribution in [0.25, 0.3) is 20.4 Å². The molecule has 0 amide bonds. The topological polar surface area (TPSA) is 47.9 Å². The maximum absolute atomic E-state index is 5.41. The highest BCUT2D eigenvalue weighted by Gasteiger charge is 2.22. The number of aryl methyl sites for hydroxylation is 2. The summed E-state index contributed by atoms with van der Waals surface area (Å²) in [6, 6.07) is 0. The summed E-state index contributed by atoms with van der Waals surface area (Å²) in [7, 11) is 1.66. The van der Waals surface area contributed by atoms with Crippen LogP contribution in [-0.4, -0.2) is 22.1 Å². The number of pyridine rings is 1. The van der Waals surface area contributed by atoms with E-state index in [1.165, 1.54) is 35.0 Å². The Labute approximate surface area is 133 Å². The Morgan fingerprint density at radius 1 is 1.18 bits per heavy atom. The van der Waals surface area contributed by atoms with E-state index in [2.05, 4.69) is 16.9 Å². The lowest BCUT2D eigenvalue weighted by molar-refractivity contribution is 0.403. The number of aromatic nitrogens is 3. The Kier molecular flexibility index (Phi) is 3.45. The second-order valence-corrected chi connectivity index (χ2v) is 6.81. The van der Waals surface area contributed by atoms with Gasteiger partial charge in [0, 0.05) is 11.1 Å². The lowest BCUT2D eigenvalue weighted by Crippen LogP contribution is -2.09. The average molecular weight is 313 g/mol. The molecule has 0 N–H and O–H groups in total. The molecule has 1 aliphatic carbocycles. The van der Waals surface area contributed by atoms with Crippen LogP contribution in [0.15, 0.2) is 6.33 Å². The third-order valence-electron chi connectivity index (χ3n) is 4.46. The van der Waals surface area contributed by atoms with Crippen molar-refractivity contribution < 1.29 is 4.74 Å². The van der Waals surface area contributed by atoms with Gasteiger partial charge in [0.1, 0.15) is 15.9 Å². The van der Waals surface area contributed by atoms with Crippen molar-refractivity contribution in [1.82, 2.24) is 15.0 Å². The molecule has 3 aromatic rings. The highest BCUT2D eigenvalue weighted by atomic mass is 32.1. The van der Waals surface area contributed by atoms with Gasteiger partial charge in [-0.3, -0.25) is 0 Å². The summed E-state index contributed by atoms with van der Waals surface area (Å²) in [6.45, 7) is 2.22. The van der Waals surface area contributed by atoms with Gasteiger partial charge in [0.25, 0.3) is 0 Å². The summed E-state index contributed by atoms with van der Waals surface area (Å²) in [6.07, 6.45) is 8.64. The molecule has 0 radical (unpaired) electrons. The fourth-order valence-electron chi connectivity index (χ4n) is 3.51. The molecule has 0 saturated carbocycles. The number of fused-ring (bicyclic) bond motifs is 5. The fraction of sp³-hybridized carbons (Fsp3) is 0.471. The number of thiophene rings is 1. The van der Waals surface area contributed by atoms with E-state index >= 15 is 0 Å². The van der Waals surface area contributed by atoms with Gasteiger partial charge in [-0.25, -0.2) is 15.0 Å². The summed E-state index contributed by atoms with van der Waals surface area (Å²) in [5.41, 5.74) is 5.27. The molecule has 0 atom stereocenters. The highest BCUT2D eigenvalue weighted by Crippen LogP contribution is 2.41. The molecular weight excluding hydrogens is 294 g/mol. The standard InChI is InChI=1S/C17H19N3OS/c1-3-6-12-10-7-4-5-8-11(10)13-14-15(22-17(13)20-12)16(21-2)19-9-18-14/h9H,3-8H2,1-2H3. The summed E-state index contributed by atoms with van der Waals surface area (Å²) < 4.78 is 6.43. The van der Waals surface area contributed by atoms with E-state index in [-0.39, 0.29) is 0 Å². The normalized spacial score (nSPS) is 14.5. The van der Waals surface area contributed by atoms with Crippen LogP contribution in [0.3, 0.4) is 0 Å². The molecular formula is C17H19N3OS. The third-order valence-corrected chi connectivity index (χ3v) is 5.52. The van der Waals surface area contributed by atoms with E-state index in [1.807, 2.05) is 0 Å². The van der Waals surface area contributed by atoms with Crippen LogP contribution in [0.4, 0.5) is 0 Å². The van der Waals surface area contributed by atoms with Crippen LogP contribution in [0, 0.1) is 0 Å². The summed E-state index contributed by atoms with van der Waals surface area (Å²) >= 11 is 1.66. The van der Waals surface area contributed by atoms with Crippen LogP contribution in [0.1, 0.15) is 43.0 Å². The second-order valence-electron chi connectivity index (χ2n) is 5.82. The first kappa shape index (κ1) is 13.9. The van der Waals surface area contributed by atoms with Crippen molar-refractivity contribution in [3.05, 3.63) is 23.1 Å². The summed E-state index contributed by atoms with van der Waals surface area (Å²) in [5.74, 6) is 0.662. The zero-order valence-electron chi connectivity index (χ0n) is 13.0. The lowest BCUT2D eigenvalue weighted by atomic mass is 9.88. The maximum Gasteiger partial charge on any atom is 0.234 e. The van der Waals surface area contributed by atoms with Gasteiger partial charge >= 0.3 is 0 Å². The SMILES string of the molecule is CCCc1nc2sc3c(OC)ncnc3c2c2c1CCCC2. The molecule has 114 valence electrons. The lowest BCUT2D eigenvalue weighted by Gasteiger charge is -2.19. The number of nitrogens with zero attached hydrogens (tertiary/aromatic N) is 3. The van der Waals surface area contributed by atoms with Crippen molar-refractivity contribution >= 4 is 31.8 Å². The van der Waals surface area contributed by atoms with E-state index in [4.69, 9.17) is 9.72 Å². The van der Waals surface area contributed by atoms with Gasteiger partial charge in [-0.2, -0.15) is 0 Å². The Hall–Kier alpha value is -1.75. The van der Waals surface area contributed by atoms with Gasteiger partial charge in [0.15, 0.2) is 0 Å². The Morgan fingerprint density at radius 2 is 2.00 bits per heavy atom. The Balaban J connectivity index is 2.10. The molecule has 0 fully saturated rings. The molecule has 4 rings (SSSR count). The molecule has 0 aromatic carbocycles. The predicted octanol–water partition coefficient (Wildman–Crippen LogP) is 4.08. The fourth-order valence-corrected chi connectivity index (χ4v) is 4.65. The van der Waals surface area contributed by atoms with E-state index < -0.39 is 0 Å². The molecule has 5 heteroatoms. The zero-order valence-corrected chi connectivity index (χ0v) is 13.8. The summed E-state index contributed by atoms with van der Waals surface area (Å²) in [5, 5.41) is 1.25. The molecule has 0 spiro atoms. The Morgan fingerprint density at radius 3 is 2.77 bits per heavy atom. The van der Waals surface area contributed by atoms with Gasteiger partial charge < -0.3 is 4.74 Å². The largest absolute Gasteiger partial charge is 0.480 e. The van der Waals surface area contributed by atoms with Gasteiger partial charge in [-0.15, -0.1) is 11.3 Å². The summed E-state index contributed by atoms with van der Waals surface area (Å²) in [4.78, 5) is 14.9. The maximum atomic E-state index is 5.41. The van der Waals surface area contributed by atoms with E-state index in [0.29, 0.717) is 5.88 Å². The van der Waals surface area contributed by atoms with E-state index in [1.54, 1.807) is 24.8 Å². The highest BCUT2D eigenvalue weighted by molar-refractivity contribution is 7.25. The molecule has 1 aliphatic rings. The number of rotatable bonds is 3. The molecule has 0 unspecified atom stereocenters. The van der Waals surface area contributed by atoms with Crippen LogP contribution >= 0.6 is 11.3 Å². The molecule has 0 aliphatic heterocycles. The molecule has 3 heterocycles. The minimum absolute atomic E-state index is 0.662. The second kappa shape index (κ2) is 5.47. The molecule has 22 heavy (non-hydrogen) atoms. The number of hydrogen-bond donors (Lipinski definition) is 0. The van der Waals surface area contributed by atoms with Crippen molar-refractivity contribution in [3.63, 3.8) is 0 Å². The third kappa shape index (κ3) is 1.99.